The fourth-order valence-electron chi connectivity index (χ4n) is 4.32. The highest BCUT2D eigenvalue weighted by Crippen LogP contribution is 2.50. The summed E-state index contributed by atoms with van der Waals surface area (Å²) in [6.07, 6.45) is 0.845. The fraction of sp³-hybridized carbons (Fsp3) is 0.364. The van der Waals surface area contributed by atoms with E-state index in [9.17, 15) is 4.79 Å². The molecule has 1 N–H and O–H groups in total. The molecule has 32 heavy (non-hydrogen) atoms. The van der Waals surface area contributed by atoms with E-state index in [0.29, 0.717) is 35.2 Å². The number of nitrogens with zero attached hydrogens (tertiary/aromatic N) is 5. The standard InChI is InChI=1S/C22H24N6O4/c1-4-23-22(29)13-5-7-15(8-6-13)28-21(24-25-26-28)18-17-14(9-10-27(18)2)11-16-19(20(17)30-3)32-12-31-16/h5-8,11,18H,4,9-10,12H2,1-3H3,(H,23,29)/t18-/m1/s1. The van der Waals surface area contributed by atoms with E-state index in [-0.39, 0.29) is 18.7 Å². The fourth-order valence-corrected chi connectivity index (χ4v) is 4.32. The molecule has 0 unspecified atom stereocenters. The van der Waals surface area contributed by atoms with Gasteiger partial charge in [0, 0.05) is 24.2 Å². The van der Waals surface area contributed by atoms with Crippen molar-refractivity contribution in [1.29, 1.82) is 0 Å². The van der Waals surface area contributed by atoms with Gasteiger partial charge >= 0.3 is 0 Å². The van der Waals surface area contributed by atoms with Gasteiger partial charge in [0.2, 0.25) is 12.5 Å². The number of likely N-dealkylation sites (N-methyl/N-ethyl adjacent to an activating group) is 1. The molecule has 2 aliphatic rings. The van der Waals surface area contributed by atoms with Gasteiger partial charge in [0.25, 0.3) is 5.91 Å². The molecule has 1 atom stereocenters. The number of benzene rings is 2. The lowest BCUT2D eigenvalue weighted by molar-refractivity contribution is 0.0956. The van der Waals surface area contributed by atoms with Crippen molar-refractivity contribution >= 4 is 5.91 Å². The molecule has 0 saturated carbocycles. The predicted molar refractivity (Wildman–Crippen MR) is 114 cm³/mol. The molecule has 3 aromatic rings. The van der Waals surface area contributed by atoms with Crippen LogP contribution in [-0.4, -0.2) is 65.1 Å². The summed E-state index contributed by atoms with van der Waals surface area (Å²) in [5, 5.41) is 15.4. The number of amides is 1. The zero-order valence-electron chi connectivity index (χ0n) is 18.2. The Hall–Kier alpha value is -3.66. The number of ether oxygens (including phenoxy) is 3. The second-order valence-electron chi connectivity index (χ2n) is 7.70. The molecule has 0 fully saturated rings. The van der Waals surface area contributed by atoms with E-state index in [1.807, 2.05) is 32.2 Å². The highest BCUT2D eigenvalue weighted by Gasteiger charge is 2.37. The van der Waals surface area contributed by atoms with Crippen LogP contribution in [0.3, 0.4) is 0 Å². The van der Waals surface area contributed by atoms with E-state index in [2.05, 4.69) is 25.7 Å². The predicted octanol–water partition coefficient (Wildman–Crippen LogP) is 1.73. The Morgan fingerprint density at radius 1 is 1.28 bits per heavy atom. The van der Waals surface area contributed by atoms with Crippen molar-refractivity contribution in [2.75, 3.05) is 34.0 Å². The number of rotatable bonds is 5. The topological polar surface area (TPSA) is 104 Å². The highest BCUT2D eigenvalue weighted by atomic mass is 16.7. The van der Waals surface area contributed by atoms with Crippen molar-refractivity contribution in [2.24, 2.45) is 0 Å². The first-order valence-electron chi connectivity index (χ1n) is 10.5. The Morgan fingerprint density at radius 2 is 2.09 bits per heavy atom. The average Bonchev–Trinajstić information content (AvgIpc) is 3.47. The van der Waals surface area contributed by atoms with Crippen LogP contribution >= 0.6 is 0 Å². The largest absolute Gasteiger partial charge is 0.492 e. The molecule has 1 amide bonds. The number of hydrogen-bond acceptors (Lipinski definition) is 8. The number of nitrogens with one attached hydrogen (secondary N) is 1. The third-order valence-electron chi connectivity index (χ3n) is 5.85. The lowest BCUT2D eigenvalue weighted by Crippen LogP contribution is -2.35. The number of aromatic nitrogens is 4. The van der Waals surface area contributed by atoms with Gasteiger partial charge in [-0.25, -0.2) is 0 Å². The number of hydrogen-bond donors (Lipinski definition) is 1. The monoisotopic (exact) mass is 436 g/mol. The Morgan fingerprint density at radius 3 is 2.84 bits per heavy atom. The molecule has 0 radical (unpaired) electrons. The first kappa shape index (κ1) is 20.3. The zero-order valence-corrected chi connectivity index (χ0v) is 18.2. The quantitative estimate of drug-likeness (QED) is 0.645. The molecule has 0 saturated heterocycles. The molecule has 166 valence electrons. The van der Waals surface area contributed by atoms with Crippen LogP contribution in [0.2, 0.25) is 0 Å². The normalized spacial score (nSPS) is 17.2. The lowest BCUT2D eigenvalue weighted by Gasteiger charge is -2.34. The molecule has 2 aliphatic heterocycles. The van der Waals surface area contributed by atoms with E-state index in [1.54, 1.807) is 23.9 Å². The molecule has 0 bridgehead atoms. The average molecular weight is 436 g/mol. The molecule has 10 nitrogen and oxygen atoms in total. The lowest BCUT2D eigenvalue weighted by atomic mass is 9.90. The number of carbonyl (C=O) groups excluding carboxylic acids is 1. The number of carbonyl (C=O) groups is 1. The maximum absolute atomic E-state index is 12.1. The van der Waals surface area contributed by atoms with Gasteiger partial charge in [0.15, 0.2) is 17.3 Å². The summed E-state index contributed by atoms with van der Waals surface area (Å²) in [6.45, 7) is 3.46. The van der Waals surface area contributed by atoms with Crippen molar-refractivity contribution in [3.63, 3.8) is 0 Å². The summed E-state index contributed by atoms with van der Waals surface area (Å²) in [4.78, 5) is 14.3. The van der Waals surface area contributed by atoms with Crippen molar-refractivity contribution in [3.05, 3.63) is 52.8 Å². The zero-order chi connectivity index (χ0) is 22.2. The number of tetrazole rings is 1. The maximum Gasteiger partial charge on any atom is 0.251 e. The van der Waals surface area contributed by atoms with E-state index in [4.69, 9.17) is 14.2 Å². The van der Waals surface area contributed by atoms with Crippen LogP contribution in [0.1, 0.15) is 40.3 Å². The van der Waals surface area contributed by atoms with Gasteiger partial charge in [-0.05, 0) is 66.7 Å². The summed E-state index contributed by atoms with van der Waals surface area (Å²) in [6, 6.07) is 8.98. The summed E-state index contributed by atoms with van der Waals surface area (Å²) in [7, 11) is 3.67. The second kappa shape index (κ2) is 8.12. The molecule has 1 aromatic heterocycles. The SMILES string of the molecule is CCNC(=O)c1ccc(-n2nnnc2[C@H]2c3c(cc4c(c3OC)OCO4)CCN2C)cc1. The molecule has 2 aromatic carbocycles. The van der Waals surface area contributed by atoms with Crippen LogP contribution in [0.4, 0.5) is 0 Å². The first-order chi connectivity index (χ1) is 15.6. The van der Waals surface area contributed by atoms with Crippen LogP contribution in [-0.2, 0) is 6.42 Å². The molecule has 3 heterocycles. The third-order valence-corrected chi connectivity index (χ3v) is 5.85. The minimum absolute atomic E-state index is 0.113. The smallest absolute Gasteiger partial charge is 0.251 e. The molecule has 10 heteroatoms. The van der Waals surface area contributed by atoms with Gasteiger partial charge in [-0.1, -0.05) is 0 Å². The van der Waals surface area contributed by atoms with E-state index < -0.39 is 0 Å². The van der Waals surface area contributed by atoms with Crippen molar-refractivity contribution in [1.82, 2.24) is 30.4 Å². The van der Waals surface area contributed by atoms with Crippen LogP contribution < -0.4 is 19.5 Å². The number of fused-ring (bicyclic) bond motifs is 2. The van der Waals surface area contributed by atoms with Gasteiger partial charge in [-0.15, -0.1) is 5.10 Å². The van der Waals surface area contributed by atoms with Crippen LogP contribution in [0, 0.1) is 0 Å². The van der Waals surface area contributed by atoms with Crippen LogP contribution in [0.5, 0.6) is 17.2 Å². The van der Waals surface area contributed by atoms with Gasteiger partial charge in [-0.2, -0.15) is 4.68 Å². The summed E-state index contributed by atoms with van der Waals surface area (Å²) < 4.78 is 18.8. The van der Waals surface area contributed by atoms with Gasteiger partial charge in [0.05, 0.1) is 12.8 Å². The minimum Gasteiger partial charge on any atom is -0.492 e. The van der Waals surface area contributed by atoms with Crippen molar-refractivity contribution in [2.45, 2.75) is 19.4 Å². The molecular formula is C22H24N6O4. The molecule has 0 spiro atoms. The molecular weight excluding hydrogens is 412 g/mol. The molecule has 0 aliphatic carbocycles. The van der Waals surface area contributed by atoms with Gasteiger partial charge in [0.1, 0.15) is 6.04 Å². The Balaban J connectivity index is 1.58. The van der Waals surface area contributed by atoms with Crippen LogP contribution in [0.25, 0.3) is 5.69 Å². The van der Waals surface area contributed by atoms with Gasteiger partial charge in [-0.3, -0.25) is 9.69 Å². The minimum atomic E-state index is -0.249. The van der Waals surface area contributed by atoms with Crippen LogP contribution in [0.15, 0.2) is 30.3 Å². The molecule has 5 rings (SSSR count). The van der Waals surface area contributed by atoms with E-state index >= 15 is 0 Å². The van der Waals surface area contributed by atoms with E-state index in [1.165, 1.54) is 0 Å². The Kier molecular flexibility index (Phi) is 5.14. The van der Waals surface area contributed by atoms with E-state index in [0.717, 1.165) is 29.8 Å². The third kappa shape index (κ3) is 3.23. The second-order valence-corrected chi connectivity index (χ2v) is 7.70. The summed E-state index contributed by atoms with van der Waals surface area (Å²) in [5.74, 6) is 2.49. The first-order valence-corrected chi connectivity index (χ1v) is 10.5. The highest BCUT2D eigenvalue weighted by molar-refractivity contribution is 5.94. The maximum atomic E-state index is 12.1. The van der Waals surface area contributed by atoms with Crippen molar-refractivity contribution < 1.29 is 19.0 Å². The summed E-state index contributed by atoms with van der Waals surface area (Å²) >= 11 is 0. The Bertz CT molecular complexity index is 1160. The van der Waals surface area contributed by atoms with Crippen molar-refractivity contribution in [3.8, 4) is 22.9 Å². The summed E-state index contributed by atoms with van der Waals surface area (Å²) in [5.41, 5.74) is 3.44. The Labute approximate surface area is 185 Å². The number of methoxy groups -OCH3 is 1. The van der Waals surface area contributed by atoms with Gasteiger partial charge < -0.3 is 19.5 Å².